The molecule has 6 nitrogen and oxygen atoms in total. The first-order valence-corrected chi connectivity index (χ1v) is 4.96. The van der Waals surface area contributed by atoms with E-state index in [1.165, 1.54) is 12.4 Å². The molecule has 0 radical (unpaired) electrons. The van der Waals surface area contributed by atoms with E-state index in [-0.39, 0.29) is 11.6 Å². The molecule has 0 aliphatic carbocycles. The maximum Gasteiger partial charge on any atom is 0.310 e. The number of methoxy groups -OCH3 is 1. The van der Waals surface area contributed by atoms with E-state index in [0.717, 1.165) is 0 Å². The molecule has 0 aliphatic rings. The third-order valence-corrected chi connectivity index (χ3v) is 2.09. The van der Waals surface area contributed by atoms with Crippen LogP contribution in [0.2, 0.25) is 0 Å². The van der Waals surface area contributed by atoms with Crippen molar-refractivity contribution in [1.29, 1.82) is 0 Å². The molecule has 0 fully saturated rings. The molecule has 0 saturated heterocycles. The highest BCUT2D eigenvalue weighted by atomic mass is 16.6. The van der Waals surface area contributed by atoms with Gasteiger partial charge in [-0.25, -0.2) is 0 Å². The number of hydrogen-bond acceptors (Lipinski definition) is 5. The molecule has 1 rings (SSSR count). The SMILES string of the molecule is COCC(C)CNc1ccncc1[N+](=O)[O-]. The normalized spacial score (nSPS) is 12.1. The van der Waals surface area contributed by atoms with Crippen LogP contribution in [0.25, 0.3) is 0 Å². The average molecular weight is 225 g/mol. The van der Waals surface area contributed by atoms with Crippen molar-refractivity contribution in [2.45, 2.75) is 6.92 Å². The van der Waals surface area contributed by atoms with Crippen LogP contribution in [0, 0.1) is 16.0 Å². The molecule has 0 bridgehead atoms. The van der Waals surface area contributed by atoms with E-state index in [1.807, 2.05) is 6.92 Å². The molecule has 0 aliphatic heterocycles. The Balaban J connectivity index is 2.63. The van der Waals surface area contributed by atoms with Crippen LogP contribution in [0.1, 0.15) is 6.92 Å². The minimum atomic E-state index is -0.448. The summed E-state index contributed by atoms with van der Waals surface area (Å²) in [6, 6.07) is 1.59. The number of nitrogens with zero attached hydrogens (tertiary/aromatic N) is 2. The molecule has 88 valence electrons. The van der Waals surface area contributed by atoms with Gasteiger partial charge in [0.2, 0.25) is 0 Å². The van der Waals surface area contributed by atoms with E-state index in [4.69, 9.17) is 4.74 Å². The van der Waals surface area contributed by atoms with E-state index in [9.17, 15) is 10.1 Å². The van der Waals surface area contributed by atoms with Gasteiger partial charge in [-0.05, 0) is 12.0 Å². The summed E-state index contributed by atoms with van der Waals surface area (Å²) in [4.78, 5) is 14.0. The fourth-order valence-electron chi connectivity index (χ4n) is 1.31. The number of anilines is 1. The Morgan fingerprint density at radius 1 is 1.69 bits per heavy atom. The summed E-state index contributed by atoms with van der Waals surface area (Å²) in [5, 5.41) is 13.7. The second kappa shape index (κ2) is 6.02. The largest absolute Gasteiger partial charge is 0.384 e. The molecule has 6 heteroatoms. The lowest BCUT2D eigenvalue weighted by atomic mass is 10.2. The monoisotopic (exact) mass is 225 g/mol. The van der Waals surface area contributed by atoms with Crippen molar-refractivity contribution in [2.75, 3.05) is 25.6 Å². The van der Waals surface area contributed by atoms with Gasteiger partial charge in [-0.2, -0.15) is 0 Å². The molecular weight excluding hydrogens is 210 g/mol. The molecule has 0 amide bonds. The van der Waals surface area contributed by atoms with E-state index in [2.05, 4.69) is 10.3 Å². The minimum absolute atomic E-state index is 0.00730. The maximum atomic E-state index is 10.7. The number of nitrogens with one attached hydrogen (secondary N) is 1. The van der Waals surface area contributed by atoms with Gasteiger partial charge in [-0.1, -0.05) is 6.92 Å². The van der Waals surface area contributed by atoms with E-state index < -0.39 is 4.92 Å². The summed E-state index contributed by atoms with van der Waals surface area (Å²) >= 11 is 0. The highest BCUT2D eigenvalue weighted by molar-refractivity contribution is 5.59. The van der Waals surface area contributed by atoms with Crippen LogP contribution in [-0.4, -0.2) is 30.2 Å². The van der Waals surface area contributed by atoms with E-state index >= 15 is 0 Å². The second-order valence-corrected chi connectivity index (χ2v) is 3.59. The Labute approximate surface area is 93.8 Å². The Morgan fingerprint density at radius 3 is 3.06 bits per heavy atom. The van der Waals surface area contributed by atoms with Crippen LogP contribution < -0.4 is 5.32 Å². The Hall–Kier alpha value is -1.69. The molecule has 1 heterocycles. The van der Waals surface area contributed by atoms with E-state index in [0.29, 0.717) is 18.8 Å². The first kappa shape index (κ1) is 12.4. The first-order valence-electron chi connectivity index (χ1n) is 4.96. The third kappa shape index (κ3) is 3.47. The fourth-order valence-corrected chi connectivity index (χ4v) is 1.31. The molecule has 0 spiro atoms. The van der Waals surface area contributed by atoms with Gasteiger partial charge in [0.05, 0.1) is 11.5 Å². The molecule has 1 N–H and O–H groups in total. The number of hydrogen-bond donors (Lipinski definition) is 1. The van der Waals surface area contributed by atoms with Crippen molar-refractivity contribution in [2.24, 2.45) is 5.92 Å². The molecule has 0 aromatic carbocycles. The predicted molar refractivity (Wildman–Crippen MR) is 60.4 cm³/mol. The number of pyridine rings is 1. The summed E-state index contributed by atoms with van der Waals surface area (Å²) in [5.74, 6) is 0.290. The average Bonchev–Trinajstić information content (AvgIpc) is 2.27. The zero-order chi connectivity index (χ0) is 12.0. The van der Waals surface area contributed by atoms with Crippen molar-refractivity contribution in [3.8, 4) is 0 Å². The third-order valence-electron chi connectivity index (χ3n) is 2.09. The Kier molecular flexibility index (Phi) is 4.65. The van der Waals surface area contributed by atoms with Crippen LogP contribution >= 0.6 is 0 Å². The number of ether oxygens (including phenoxy) is 1. The van der Waals surface area contributed by atoms with Crippen molar-refractivity contribution in [1.82, 2.24) is 4.98 Å². The minimum Gasteiger partial charge on any atom is -0.384 e. The quantitative estimate of drug-likeness (QED) is 0.588. The lowest BCUT2D eigenvalue weighted by molar-refractivity contribution is -0.384. The van der Waals surface area contributed by atoms with Crippen molar-refractivity contribution in [3.63, 3.8) is 0 Å². The van der Waals surface area contributed by atoms with Gasteiger partial charge < -0.3 is 10.1 Å². The maximum absolute atomic E-state index is 10.7. The number of aromatic nitrogens is 1. The number of rotatable bonds is 6. The molecule has 16 heavy (non-hydrogen) atoms. The first-order chi connectivity index (χ1) is 7.65. The van der Waals surface area contributed by atoms with Crippen molar-refractivity contribution >= 4 is 11.4 Å². The van der Waals surface area contributed by atoms with Crippen LogP contribution in [0.15, 0.2) is 18.5 Å². The highest BCUT2D eigenvalue weighted by Crippen LogP contribution is 2.21. The standard InChI is InChI=1S/C10H15N3O3/c1-8(7-16-2)5-12-9-3-4-11-6-10(9)13(14)15/h3-4,6,8H,5,7H2,1-2H3,(H,11,12). The van der Waals surface area contributed by atoms with E-state index in [1.54, 1.807) is 13.2 Å². The van der Waals surface area contributed by atoms with Gasteiger partial charge in [0.1, 0.15) is 11.9 Å². The van der Waals surface area contributed by atoms with Crippen LogP contribution in [0.3, 0.4) is 0 Å². The summed E-state index contributed by atoms with van der Waals surface area (Å²) in [6.07, 6.45) is 2.76. The lowest BCUT2D eigenvalue weighted by Gasteiger charge is -2.12. The molecule has 0 saturated carbocycles. The van der Waals surface area contributed by atoms with Crippen molar-refractivity contribution < 1.29 is 9.66 Å². The smallest absolute Gasteiger partial charge is 0.310 e. The topological polar surface area (TPSA) is 77.3 Å². The van der Waals surface area contributed by atoms with Gasteiger partial charge in [0.25, 0.3) is 0 Å². The molecule has 1 atom stereocenters. The predicted octanol–water partition coefficient (Wildman–Crippen LogP) is 1.68. The molecule has 1 aromatic heterocycles. The zero-order valence-electron chi connectivity index (χ0n) is 9.34. The van der Waals surface area contributed by atoms with Gasteiger partial charge in [0.15, 0.2) is 0 Å². The van der Waals surface area contributed by atoms with Crippen LogP contribution in [0.5, 0.6) is 0 Å². The van der Waals surface area contributed by atoms with Gasteiger partial charge in [0, 0.05) is 19.9 Å². The molecule has 1 unspecified atom stereocenters. The zero-order valence-corrected chi connectivity index (χ0v) is 9.34. The summed E-state index contributed by atoms with van der Waals surface area (Å²) in [5.41, 5.74) is 0.482. The Bertz CT molecular complexity index is 357. The number of nitro groups is 1. The summed E-state index contributed by atoms with van der Waals surface area (Å²) in [6.45, 7) is 3.24. The van der Waals surface area contributed by atoms with Gasteiger partial charge in [-0.3, -0.25) is 15.1 Å². The molecule has 1 aromatic rings. The molecular formula is C10H15N3O3. The lowest BCUT2D eigenvalue weighted by Crippen LogP contribution is -2.16. The fraction of sp³-hybridized carbons (Fsp3) is 0.500. The van der Waals surface area contributed by atoms with Crippen LogP contribution in [-0.2, 0) is 4.74 Å². The summed E-state index contributed by atoms with van der Waals surface area (Å²) in [7, 11) is 1.63. The van der Waals surface area contributed by atoms with Gasteiger partial charge >= 0.3 is 5.69 Å². The van der Waals surface area contributed by atoms with Crippen LogP contribution in [0.4, 0.5) is 11.4 Å². The Morgan fingerprint density at radius 2 is 2.44 bits per heavy atom. The second-order valence-electron chi connectivity index (χ2n) is 3.59. The summed E-state index contributed by atoms with van der Waals surface area (Å²) < 4.78 is 4.98. The van der Waals surface area contributed by atoms with Crippen molar-refractivity contribution in [3.05, 3.63) is 28.6 Å². The highest BCUT2D eigenvalue weighted by Gasteiger charge is 2.13. The van der Waals surface area contributed by atoms with Gasteiger partial charge in [-0.15, -0.1) is 0 Å².